The molecule has 0 saturated heterocycles. The van der Waals surface area contributed by atoms with Gasteiger partial charge < -0.3 is 0 Å². The Bertz CT molecular complexity index is 755. The zero-order valence-corrected chi connectivity index (χ0v) is 16.0. The van der Waals surface area contributed by atoms with Crippen molar-refractivity contribution in [3.63, 3.8) is 0 Å². The molecule has 0 unspecified atom stereocenters. The summed E-state index contributed by atoms with van der Waals surface area (Å²) in [5.74, 6) is 0. The molecule has 0 aliphatic rings. The van der Waals surface area contributed by atoms with Gasteiger partial charge in [-0.1, -0.05) is 29.3 Å². The molecule has 21 heavy (non-hydrogen) atoms. The van der Waals surface area contributed by atoms with Crippen molar-refractivity contribution in [3.05, 3.63) is 49.2 Å². The molecule has 0 aliphatic carbocycles. The summed E-state index contributed by atoms with van der Waals surface area (Å²) in [5, 5.41) is 0.860. The predicted octanol–water partition coefficient (Wildman–Crippen LogP) is 4.95. The van der Waals surface area contributed by atoms with Gasteiger partial charge in [-0.15, -0.1) is 11.3 Å². The molecule has 8 heteroatoms. The van der Waals surface area contributed by atoms with E-state index < -0.39 is 10.0 Å². The first-order valence-corrected chi connectivity index (χ1v) is 9.68. The molecule has 0 saturated carbocycles. The van der Waals surface area contributed by atoms with Crippen molar-refractivity contribution in [1.82, 2.24) is 4.31 Å². The Hall–Kier alpha value is -0.110. The Morgan fingerprint density at radius 3 is 2.43 bits per heavy atom. The summed E-state index contributed by atoms with van der Waals surface area (Å²) in [6.07, 6.45) is 0. The van der Waals surface area contributed by atoms with Gasteiger partial charge in [0, 0.05) is 13.6 Å². The van der Waals surface area contributed by atoms with Gasteiger partial charge in [0.15, 0.2) is 0 Å². The van der Waals surface area contributed by atoms with Gasteiger partial charge in [0.05, 0.1) is 13.8 Å². The Morgan fingerprint density at radius 1 is 1.24 bits per heavy atom. The molecule has 1 aromatic heterocycles. The van der Waals surface area contributed by atoms with Crippen LogP contribution >= 0.6 is 50.5 Å². The van der Waals surface area contributed by atoms with E-state index in [0.717, 1.165) is 14.9 Å². The largest absolute Gasteiger partial charge is 0.252 e. The van der Waals surface area contributed by atoms with E-state index in [1.165, 1.54) is 15.6 Å². The van der Waals surface area contributed by atoms with E-state index in [9.17, 15) is 8.42 Å². The van der Waals surface area contributed by atoms with Crippen molar-refractivity contribution in [2.75, 3.05) is 7.05 Å². The maximum atomic E-state index is 12.5. The first kappa shape index (κ1) is 17.2. The molecule has 0 amide bonds. The Balaban J connectivity index is 2.26. The molecule has 0 aliphatic heterocycles. The third-order valence-electron chi connectivity index (χ3n) is 2.89. The highest BCUT2D eigenvalue weighted by Gasteiger charge is 2.24. The van der Waals surface area contributed by atoms with Gasteiger partial charge in [-0.3, -0.25) is 0 Å². The minimum absolute atomic E-state index is 0.230. The molecule has 2 aromatic rings. The quantitative estimate of drug-likeness (QED) is 0.690. The lowest BCUT2D eigenvalue weighted by atomic mass is 10.2. The van der Waals surface area contributed by atoms with Crippen molar-refractivity contribution in [2.45, 2.75) is 17.7 Å². The molecule has 2 rings (SSSR count). The minimum atomic E-state index is -3.52. The molecular weight excluding hydrogens is 417 g/mol. The van der Waals surface area contributed by atoms with E-state index in [0.29, 0.717) is 14.3 Å². The lowest BCUT2D eigenvalue weighted by molar-refractivity contribution is 0.468. The van der Waals surface area contributed by atoms with Crippen LogP contribution in [0.2, 0.25) is 10.0 Å². The predicted molar refractivity (Wildman–Crippen MR) is 91.9 cm³/mol. The Labute approximate surface area is 146 Å². The third kappa shape index (κ3) is 3.81. The van der Waals surface area contributed by atoms with Crippen molar-refractivity contribution in [1.29, 1.82) is 0 Å². The van der Waals surface area contributed by atoms with Gasteiger partial charge >= 0.3 is 0 Å². The third-order valence-corrected chi connectivity index (χ3v) is 8.02. The molecule has 0 radical (unpaired) electrons. The zero-order chi connectivity index (χ0) is 15.8. The number of benzene rings is 1. The molecule has 1 aromatic carbocycles. The number of hydrogen-bond donors (Lipinski definition) is 0. The molecule has 0 spiro atoms. The van der Waals surface area contributed by atoms with Crippen LogP contribution in [0.3, 0.4) is 0 Å². The highest BCUT2D eigenvalue weighted by Crippen LogP contribution is 2.32. The highest BCUT2D eigenvalue weighted by molar-refractivity contribution is 9.11. The molecule has 114 valence electrons. The number of hydrogen-bond acceptors (Lipinski definition) is 3. The van der Waals surface area contributed by atoms with Crippen LogP contribution in [0.25, 0.3) is 0 Å². The van der Waals surface area contributed by atoms with Gasteiger partial charge in [-0.25, -0.2) is 8.42 Å². The fourth-order valence-corrected chi connectivity index (χ4v) is 5.61. The SMILES string of the molecule is Cc1cc(S(=O)(=O)N(C)Cc2ccc(Cl)c(Cl)c2)sc1Br. The molecular formula is C13H12BrCl2NO2S2. The van der Waals surface area contributed by atoms with E-state index >= 15 is 0 Å². The van der Waals surface area contributed by atoms with Crippen molar-refractivity contribution >= 4 is 60.5 Å². The number of nitrogens with zero attached hydrogens (tertiary/aromatic N) is 1. The summed E-state index contributed by atoms with van der Waals surface area (Å²) in [4.78, 5) is 0. The van der Waals surface area contributed by atoms with E-state index in [1.54, 1.807) is 31.3 Å². The first-order chi connectivity index (χ1) is 9.71. The van der Waals surface area contributed by atoms with Gasteiger partial charge in [0.2, 0.25) is 0 Å². The maximum Gasteiger partial charge on any atom is 0.252 e. The standard InChI is InChI=1S/C13H12BrCl2NO2S2/c1-8-5-12(20-13(8)14)21(18,19)17(2)7-9-3-4-10(15)11(16)6-9/h3-6H,7H2,1-2H3. The number of halogens is 3. The average Bonchev–Trinajstić information content (AvgIpc) is 2.75. The minimum Gasteiger partial charge on any atom is -0.206 e. The van der Waals surface area contributed by atoms with Crippen molar-refractivity contribution in [2.24, 2.45) is 0 Å². The maximum absolute atomic E-state index is 12.5. The van der Waals surface area contributed by atoms with Crippen LogP contribution in [-0.4, -0.2) is 19.8 Å². The average molecular weight is 429 g/mol. The second-order valence-corrected chi connectivity index (χ2v) is 9.99. The van der Waals surface area contributed by atoms with Crippen LogP contribution in [0.15, 0.2) is 32.3 Å². The lowest BCUT2D eigenvalue weighted by Gasteiger charge is -2.16. The molecule has 0 N–H and O–H groups in total. The van der Waals surface area contributed by atoms with Crippen molar-refractivity contribution < 1.29 is 8.42 Å². The number of thiophene rings is 1. The topological polar surface area (TPSA) is 37.4 Å². The van der Waals surface area contributed by atoms with Crippen LogP contribution in [0.5, 0.6) is 0 Å². The fraction of sp³-hybridized carbons (Fsp3) is 0.231. The van der Waals surface area contributed by atoms with Crippen molar-refractivity contribution in [3.8, 4) is 0 Å². The second kappa shape index (κ2) is 6.56. The molecule has 0 bridgehead atoms. The molecule has 1 heterocycles. The summed E-state index contributed by atoms with van der Waals surface area (Å²) in [6, 6.07) is 6.75. The van der Waals surface area contributed by atoms with Gasteiger partial charge in [0.25, 0.3) is 10.0 Å². The number of rotatable bonds is 4. The Morgan fingerprint density at radius 2 is 1.90 bits per heavy atom. The summed E-state index contributed by atoms with van der Waals surface area (Å²) in [7, 11) is -1.97. The van der Waals surface area contributed by atoms with E-state index in [1.807, 2.05) is 6.92 Å². The van der Waals surface area contributed by atoms with Crippen LogP contribution < -0.4 is 0 Å². The summed E-state index contributed by atoms with van der Waals surface area (Å²) in [5.41, 5.74) is 1.68. The number of aryl methyl sites for hydroxylation is 1. The van der Waals surface area contributed by atoms with Gasteiger partial charge in [-0.05, 0) is 52.2 Å². The molecule has 3 nitrogen and oxygen atoms in total. The van der Waals surface area contributed by atoms with Gasteiger partial charge in [0.1, 0.15) is 4.21 Å². The summed E-state index contributed by atoms with van der Waals surface area (Å²) in [6.45, 7) is 2.09. The van der Waals surface area contributed by atoms with Crippen LogP contribution in [0.4, 0.5) is 0 Å². The van der Waals surface area contributed by atoms with Crippen LogP contribution in [-0.2, 0) is 16.6 Å². The van der Waals surface area contributed by atoms with Gasteiger partial charge in [-0.2, -0.15) is 4.31 Å². The number of sulfonamides is 1. The second-order valence-electron chi connectivity index (χ2n) is 4.53. The molecule has 0 atom stereocenters. The van der Waals surface area contributed by atoms with E-state index in [-0.39, 0.29) is 6.54 Å². The lowest BCUT2D eigenvalue weighted by Crippen LogP contribution is -2.25. The fourth-order valence-electron chi connectivity index (χ4n) is 1.69. The summed E-state index contributed by atoms with van der Waals surface area (Å²) >= 11 is 16.4. The monoisotopic (exact) mass is 427 g/mol. The van der Waals surface area contributed by atoms with E-state index in [2.05, 4.69) is 15.9 Å². The summed E-state index contributed by atoms with van der Waals surface area (Å²) < 4.78 is 27.5. The first-order valence-electron chi connectivity index (χ1n) is 5.88. The smallest absolute Gasteiger partial charge is 0.206 e. The van der Waals surface area contributed by atoms with E-state index in [4.69, 9.17) is 23.2 Å². The highest BCUT2D eigenvalue weighted by atomic mass is 79.9. The normalized spacial score (nSPS) is 12.1. The zero-order valence-electron chi connectivity index (χ0n) is 11.2. The van der Waals surface area contributed by atoms with Crippen LogP contribution in [0, 0.1) is 6.92 Å². The molecule has 0 fully saturated rings. The van der Waals surface area contributed by atoms with Crippen LogP contribution in [0.1, 0.15) is 11.1 Å². The Kier molecular flexibility index (Phi) is 5.39.